The van der Waals surface area contributed by atoms with E-state index in [0.29, 0.717) is 29.2 Å². The van der Waals surface area contributed by atoms with Gasteiger partial charge in [0.2, 0.25) is 11.7 Å². The van der Waals surface area contributed by atoms with Crippen molar-refractivity contribution >= 4 is 35.1 Å². The quantitative estimate of drug-likeness (QED) is 0.626. The standard InChI is InChI=1S/C20H19NO5S/c1-12(19(23)13-3-6-15(25-2)7-4-13)26-20(24)14-5-8-17-16(11-14)21-18(22)9-10-27-17/h3-8,11-12H,9-10H2,1-2H3,(H,21,22)/t12-/m0/s1. The van der Waals surface area contributed by atoms with Crippen molar-refractivity contribution < 1.29 is 23.9 Å². The van der Waals surface area contributed by atoms with Crippen molar-refractivity contribution in [1.29, 1.82) is 0 Å². The van der Waals surface area contributed by atoms with E-state index in [9.17, 15) is 14.4 Å². The third kappa shape index (κ3) is 4.49. The summed E-state index contributed by atoms with van der Waals surface area (Å²) in [6.45, 7) is 1.53. The molecule has 6 nitrogen and oxygen atoms in total. The fraction of sp³-hybridized carbons (Fsp3) is 0.250. The highest BCUT2D eigenvalue weighted by molar-refractivity contribution is 7.99. The molecule has 1 heterocycles. The summed E-state index contributed by atoms with van der Waals surface area (Å²) in [6.07, 6.45) is -0.513. The molecule has 2 aromatic rings. The maximum atomic E-state index is 12.5. The van der Waals surface area contributed by atoms with Gasteiger partial charge in [-0.25, -0.2) is 4.79 Å². The zero-order valence-electron chi connectivity index (χ0n) is 15.0. The highest BCUT2D eigenvalue weighted by Crippen LogP contribution is 2.31. The van der Waals surface area contributed by atoms with E-state index in [1.807, 2.05) is 0 Å². The largest absolute Gasteiger partial charge is 0.497 e. The van der Waals surface area contributed by atoms with E-state index >= 15 is 0 Å². The van der Waals surface area contributed by atoms with Crippen LogP contribution in [0.15, 0.2) is 47.4 Å². The Kier molecular flexibility index (Phi) is 5.81. The predicted molar refractivity (Wildman–Crippen MR) is 103 cm³/mol. The molecule has 1 aliphatic rings. The summed E-state index contributed by atoms with van der Waals surface area (Å²) in [5, 5.41) is 2.78. The van der Waals surface area contributed by atoms with Gasteiger partial charge in [0.1, 0.15) is 5.75 Å². The number of esters is 1. The summed E-state index contributed by atoms with van der Waals surface area (Å²) in [6, 6.07) is 11.6. The molecule has 0 unspecified atom stereocenters. The number of nitrogens with one attached hydrogen (secondary N) is 1. The Balaban J connectivity index is 1.70. The molecule has 2 aromatic carbocycles. The molecule has 1 N–H and O–H groups in total. The van der Waals surface area contributed by atoms with Gasteiger partial charge in [0.05, 0.1) is 18.4 Å². The molecule has 7 heteroatoms. The second-order valence-electron chi connectivity index (χ2n) is 6.00. The van der Waals surface area contributed by atoms with E-state index in [4.69, 9.17) is 9.47 Å². The van der Waals surface area contributed by atoms with E-state index in [-0.39, 0.29) is 17.3 Å². The van der Waals surface area contributed by atoms with Crippen LogP contribution < -0.4 is 10.1 Å². The number of benzene rings is 2. The third-order valence-corrected chi connectivity index (χ3v) is 5.18. The molecular weight excluding hydrogens is 366 g/mol. The second kappa shape index (κ2) is 8.26. The van der Waals surface area contributed by atoms with Gasteiger partial charge in [-0.3, -0.25) is 9.59 Å². The van der Waals surface area contributed by atoms with Crippen LogP contribution in [0.1, 0.15) is 34.1 Å². The number of hydrogen-bond acceptors (Lipinski definition) is 6. The van der Waals surface area contributed by atoms with Crippen molar-refractivity contribution in [1.82, 2.24) is 0 Å². The van der Waals surface area contributed by atoms with Crippen LogP contribution in [0.2, 0.25) is 0 Å². The van der Waals surface area contributed by atoms with Crippen LogP contribution in [0.3, 0.4) is 0 Å². The molecule has 1 amide bonds. The van der Waals surface area contributed by atoms with Crippen molar-refractivity contribution in [3.63, 3.8) is 0 Å². The first-order valence-corrected chi connectivity index (χ1v) is 9.42. The summed E-state index contributed by atoms with van der Waals surface area (Å²) < 4.78 is 10.4. The Morgan fingerprint density at radius 1 is 1.11 bits per heavy atom. The van der Waals surface area contributed by atoms with E-state index in [1.54, 1.807) is 61.3 Å². The Bertz CT molecular complexity index is 878. The van der Waals surface area contributed by atoms with E-state index in [2.05, 4.69) is 5.32 Å². The number of methoxy groups -OCH3 is 1. The molecule has 140 valence electrons. The maximum Gasteiger partial charge on any atom is 0.338 e. The van der Waals surface area contributed by atoms with Gasteiger partial charge in [-0.1, -0.05) is 0 Å². The number of ether oxygens (including phenoxy) is 2. The van der Waals surface area contributed by atoms with Crippen LogP contribution in [0.25, 0.3) is 0 Å². The summed E-state index contributed by atoms with van der Waals surface area (Å²) in [5.41, 5.74) is 1.30. The highest BCUT2D eigenvalue weighted by Gasteiger charge is 2.22. The molecule has 1 atom stereocenters. The predicted octanol–water partition coefficient (Wildman–Crippen LogP) is 3.56. The van der Waals surface area contributed by atoms with Crippen molar-refractivity contribution in [3.8, 4) is 5.75 Å². The third-order valence-electron chi connectivity index (χ3n) is 4.10. The van der Waals surface area contributed by atoms with E-state index in [0.717, 1.165) is 4.90 Å². The summed E-state index contributed by atoms with van der Waals surface area (Å²) >= 11 is 1.55. The topological polar surface area (TPSA) is 81.7 Å². The first-order valence-electron chi connectivity index (χ1n) is 8.44. The minimum absolute atomic E-state index is 0.0881. The Morgan fingerprint density at radius 2 is 1.81 bits per heavy atom. The SMILES string of the molecule is COc1ccc(C(=O)[C@H](C)OC(=O)c2ccc3c(c2)NC(=O)CCS3)cc1. The zero-order valence-corrected chi connectivity index (χ0v) is 15.8. The molecule has 0 fully saturated rings. The first kappa shape index (κ1) is 19.0. The van der Waals surface area contributed by atoms with Crippen LogP contribution in [0.4, 0.5) is 5.69 Å². The second-order valence-corrected chi connectivity index (χ2v) is 7.13. The number of amides is 1. The molecule has 0 spiro atoms. The molecule has 0 aromatic heterocycles. The number of thioether (sulfide) groups is 1. The average Bonchev–Trinajstić information content (AvgIpc) is 2.87. The molecule has 0 saturated carbocycles. The number of fused-ring (bicyclic) bond motifs is 1. The number of carbonyl (C=O) groups excluding carboxylic acids is 3. The molecule has 0 bridgehead atoms. The van der Waals surface area contributed by atoms with Gasteiger partial charge in [0, 0.05) is 22.6 Å². The number of carbonyl (C=O) groups is 3. The smallest absolute Gasteiger partial charge is 0.338 e. The van der Waals surface area contributed by atoms with Crippen LogP contribution in [0.5, 0.6) is 5.75 Å². The van der Waals surface area contributed by atoms with Gasteiger partial charge >= 0.3 is 5.97 Å². The van der Waals surface area contributed by atoms with Crippen molar-refractivity contribution in [2.24, 2.45) is 0 Å². The zero-order chi connectivity index (χ0) is 19.4. The van der Waals surface area contributed by atoms with Gasteiger partial charge in [-0.15, -0.1) is 11.8 Å². The minimum atomic E-state index is -0.936. The summed E-state index contributed by atoms with van der Waals surface area (Å²) in [7, 11) is 1.54. The van der Waals surface area contributed by atoms with Gasteiger partial charge in [-0.05, 0) is 49.4 Å². The number of Topliss-reactive ketones (excluding diaryl/α,β-unsaturated/α-hetero) is 1. The van der Waals surface area contributed by atoms with Crippen LogP contribution in [-0.2, 0) is 9.53 Å². The van der Waals surface area contributed by atoms with Crippen LogP contribution in [-0.4, -0.2) is 36.6 Å². The Hall–Kier alpha value is -2.80. The number of rotatable bonds is 5. The van der Waals surface area contributed by atoms with Crippen molar-refractivity contribution in [3.05, 3.63) is 53.6 Å². The van der Waals surface area contributed by atoms with E-state index < -0.39 is 12.1 Å². The van der Waals surface area contributed by atoms with Crippen LogP contribution >= 0.6 is 11.8 Å². The fourth-order valence-electron chi connectivity index (χ4n) is 2.62. The van der Waals surface area contributed by atoms with Crippen LogP contribution in [0, 0.1) is 0 Å². The number of ketones is 1. The van der Waals surface area contributed by atoms with E-state index in [1.165, 1.54) is 6.92 Å². The molecule has 27 heavy (non-hydrogen) atoms. The fourth-order valence-corrected chi connectivity index (χ4v) is 3.56. The molecular formula is C20H19NO5S. The molecule has 0 saturated heterocycles. The van der Waals surface area contributed by atoms with Gasteiger partial charge in [0.25, 0.3) is 0 Å². The summed E-state index contributed by atoms with van der Waals surface area (Å²) in [4.78, 5) is 37.5. The average molecular weight is 385 g/mol. The normalized spacial score (nSPS) is 14.4. The lowest BCUT2D eigenvalue weighted by Crippen LogP contribution is -2.24. The molecule has 1 aliphatic heterocycles. The van der Waals surface area contributed by atoms with Crippen molar-refractivity contribution in [2.45, 2.75) is 24.3 Å². The lowest BCUT2D eigenvalue weighted by molar-refractivity contribution is -0.115. The van der Waals surface area contributed by atoms with Crippen molar-refractivity contribution in [2.75, 3.05) is 18.2 Å². The Labute approximate surface area is 161 Å². The maximum absolute atomic E-state index is 12.5. The van der Waals surface area contributed by atoms with Gasteiger partial charge in [-0.2, -0.15) is 0 Å². The lowest BCUT2D eigenvalue weighted by atomic mass is 10.1. The highest BCUT2D eigenvalue weighted by atomic mass is 32.2. The Morgan fingerprint density at radius 3 is 2.52 bits per heavy atom. The monoisotopic (exact) mass is 385 g/mol. The molecule has 0 aliphatic carbocycles. The molecule has 0 radical (unpaired) electrons. The lowest BCUT2D eigenvalue weighted by Gasteiger charge is -2.14. The molecule has 3 rings (SSSR count). The van der Waals surface area contributed by atoms with Gasteiger partial charge < -0.3 is 14.8 Å². The van der Waals surface area contributed by atoms with Gasteiger partial charge in [0.15, 0.2) is 6.10 Å². The first-order chi connectivity index (χ1) is 13.0. The number of hydrogen-bond donors (Lipinski definition) is 1. The number of anilines is 1. The summed E-state index contributed by atoms with van der Waals surface area (Å²) in [5.74, 6) is 0.326. The minimum Gasteiger partial charge on any atom is -0.497 e.